The van der Waals surface area contributed by atoms with Crippen LogP contribution in [0.5, 0.6) is 0 Å². The Morgan fingerprint density at radius 2 is 1.92 bits per heavy atom. The number of sulfonamides is 1. The van der Waals surface area contributed by atoms with E-state index in [2.05, 4.69) is 0 Å². The van der Waals surface area contributed by atoms with Crippen LogP contribution in [0.3, 0.4) is 0 Å². The van der Waals surface area contributed by atoms with Crippen molar-refractivity contribution < 1.29 is 18.1 Å². The normalized spacial score (nSPS) is 13.7. The van der Waals surface area contributed by atoms with Gasteiger partial charge in [0.05, 0.1) is 9.82 Å². The summed E-state index contributed by atoms with van der Waals surface area (Å²) in [4.78, 5) is 24.8. The second-order valence-electron chi connectivity index (χ2n) is 6.09. The number of nitro groups is 1. The number of benzene rings is 2. The molecule has 2 aromatic rings. The number of carbonyl (C=O) groups is 1. The molecule has 0 spiro atoms. The first-order valence-electron chi connectivity index (χ1n) is 7.83. The summed E-state index contributed by atoms with van der Waals surface area (Å²) in [6.07, 6.45) is 0.521. The first-order valence-corrected chi connectivity index (χ1v) is 9.27. The van der Waals surface area contributed by atoms with Gasteiger partial charge in [-0.15, -0.1) is 0 Å². The van der Waals surface area contributed by atoms with Gasteiger partial charge in [0, 0.05) is 44.0 Å². The summed E-state index contributed by atoms with van der Waals surface area (Å²) in [5.41, 5.74) is 1.45. The van der Waals surface area contributed by atoms with Crippen LogP contribution >= 0.6 is 0 Å². The molecule has 9 heteroatoms. The average molecular weight is 375 g/mol. The van der Waals surface area contributed by atoms with E-state index in [1.165, 1.54) is 49.3 Å². The van der Waals surface area contributed by atoms with E-state index >= 15 is 0 Å². The van der Waals surface area contributed by atoms with Crippen LogP contribution in [0.4, 0.5) is 11.4 Å². The summed E-state index contributed by atoms with van der Waals surface area (Å²) in [5, 5.41) is 10.9. The third-order valence-corrected chi connectivity index (χ3v) is 6.09. The lowest BCUT2D eigenvalue weighted by Gasteiger charge is -2.18. The monoisotopic (exact) mass is 375 g/mol. The van der Waals surface area contributed by atoms with Crippen LogP contribution in [0.2, 0.25) is 0 Å². The highest BCUT2D eigenvalue weighted by atomic mass is 32.2. The number of amides is 1. The van der Waals surface area contributed by atoms with Crippen molar-refractivity contribution in [2.24, 2.45) is 0 Å². The van der Waals surface area contributed by atoms with Crippen molar-refractivity contribution >= 4 is 27.3 Å². The Kier molecular flexibility index (Phi) is 4.51. The molecule has 0 saturated heterocycles. The summed E-state index contributed by atoms with van der Waals surface area (Å²) in [7, 11) is -0.631. The molecule has 1 amide bonds. The van der Waals surface area contributed by atoms with Gasteiger partial charge < -0.3 is 4.90 Å². The number of anilines is 1. The van der Waals surface area contributed by atoms with Gasteiger partial charge in [-0.25, -0.2) is 12.7 Å². The van der Waals surface area contributed by atoms with Gasteiger partial charge in [0.2, 0.25) is 10.0 Å². The van der Waals surface area contributed by atoms with E-state index in [-0.39, 0.29) is 22.1 Å². The highest BCUT2D eigenvalue weighted by molar-refractivity contribution is 7.89. The van der Waals surface area contributed by atoms with Crippen molar-refractivity contribution in [2.75, 3.05) is 25.5 Å². The van der Waals surface area contributed by atoms with Gasteiger partial charge in [0.25, 0.3) is 11.6 Å². The fourth-order valence-electron chi connectivity index (χ4n) is 2.87. The van der Waals surface area contributed by atoms with E-state index in [1.54, 1.807) is 12.1 Å². The second kappa shape index (κ2) is 6.50. The van der Waals surface area contributed by atoms with Crippen molar-refractivity contribution in [1.29, 1.82) is 0 Å². The van der Waals surface area contributed by atoms with Gasteiger partial charge in [-0.1, -0.05) is 6.07 Å². The molecule has 8 nitrogen and oxygen atoms in total. The minimum Gasteiger partial charge on any atom is -0.308 e. The van der Waals surface area contributed by atoms with E-state index in [9.17, 15) is 23.3 Å². The maximum absolute atomic E-state index is 12.8. The quantitative estimate of drug-likeness (QED) is 0.601. The predicted molar refractivity (Wildman–Crippen MR) is 95.8 cm³/mol. The van der Waals surface area contributed by atoms with E-state index in [1.807, 2.05) is 0 Å². The summed E-state index contributed by atoms with van der Waals surface area (Å²) >= 11 is 0. The Bertz CT molecular complexity index is 1000. The number of hydrogen-bond acceptors (Lipinski definition) is 5. The molecule has 0 bridgehead atoms. The first-order chi connectivity index (χ1) is 12.2. The summed E-state index contributed by atoms with van der Waals surface area (Å²) in [5.74, 6) is -0.351. The maximum Gasteiger partial charge on any atom is 0.270 e. The molecule has 0 radical (unpaired) electrons. The number of nitro benzene ring substituents is 1. The number of rotatable bonds is 4. The Balaban J connectivity index is 1.94. The topological polar surface area (TPSA) is 101 Å². The predicted octanol–water partition coefficient (Wildman–Crippen LogP) is 2.05. The summed E-state index contributed by atoms with van der Waals surface area (Å²) in [6.45, 7) is 0.391. The number of non-ortho nitro benzene ring substituents is 1. The molecule has 3 rings (SSSR count). The lowest BCUT2D eigenvalue weighted by atomic mass is 10.1. The Hall–Kier alpha value is -2.78. The molecule has 0 aromatic heterocycles. The first kappa shape index (κ1) is 18.0. The van der Waals surface area contributed by atoms with E-state index in [4.69, 9.17) is 0 Å². The lowest BCUT2D eigenvalue weighted by Crippen LogP contribution is -2.29. The van der Waals surface area contributed by atoms with Gasteiger partial charge in [-0.3, -0.25) is 14.9 Å². The molecule has 1 aliphatic rings. The maximum atomic E-state index is 12.8. The van der Waals surface area contributed by atoms with E-state index < -0.39 is 14.9 Å². The third kappa shape index (κ3) is 3.06. The molecule has 1 heterocycles. The second-order valence-corrected chi connectivity index (χ2v) is 8.24. The van der Waals surface area contributed by atoms with Crippen molar-refractivity contribution in [3.63, 3.8) is 0 Å². The number of fused-ring (bicyclic) bond motifs is 1. The molecule has 136 valence electrons. The smallest absolute Gasteiger partial charge is 0.270 e. The highest BCUT2D eigenvalue weighted by Gasteiger charge is 2.28. The lowest BCUT2D eigenvalue weighted by molar-refractivity contribution is -0.384. The van der Waals surface area contributed by atoms with Crippen molar-refractivity contribution in [3.05, 3.63) is 63.7 Å². The molecule has 0 fully saturated rings. The Labute approximate surface area is 150 Å². The van der Waals surface area contributed by atoms with Crippen molar-refractivity contribution in [3.8, 4) is 0 Å². The molecule has 0 N–H and O–H groups in total. The minimum atomic E-state index is -3.55. The molecular formula is C17H17N3O5S. The highest BCUT2D eigenvalue weighted by Crippen LogP contribution is 2.32. The minimum absolute atomic E-state index is 0.150. The molecule has 0 aliphatic carbocycles. The Morgan fingerprint density at radius 1 is 1.19 bits per heavy atom. The number of nitrogens with zero attached hydrogens (tertiary/aromatic N) is 3. The molecule has 1 aliphatic heterocycles. The molecule has 26 heavy (non-hydrogen) atoms. The molecule has 2 aromatic carbocycles. The molecule has 0 unspecified atom stereocenters. The summed E-state index contributed by atoms with van der Waals surface area (Å²) in [6, 6.07) is 10.2. The van der Waals surface area contributed by atoms with Crippen LogP contribution in [0.25, 0.3) is 0 Å². The molecule has 0 saturated carbocycles. The number of hydrogen-bond donors (Lipinski definition) is 0. The van der Waals surface area contributed by atoms with Gasteiger partial charge in [-0.2, -0.15) is 0 Å². The standard InChI is InChI=1S/C17H17N3O5S/c1-18(2)26(24,25)15-6-7-16-12(11-15)8-9-19(16)17(21)13-4-3-5-14(10-13)20(22)23/h3-7,10-11H,8-9H2,1-2H3. The molecular weight excluding hydrogens is 358 g/mol. The van der Waals surface area contributed by atoms with Crippen LogP contribution in [-0.2, 0) is 16.4 Å². The van der Waals surface area contributed by atoms with Gasteiger partial charge >= 0.3 is 0 Å². The van der Waals surface area contributed by atoms with Crippen LogP contribution in [0.15, 0.2) is 47.4 Å². The van der Waals surface area contributed by atoms with Gasteiger partial charge in [0.15, 0.2) is 0 Å². The Morgan fingerprint density at radius 3 is 2.58 bits per heavy atom. The van der Waals surface area contributed by atoms with Crippen LogP contribution in [-0.4, -0.2) is 44.2 Å². The zero-order valence-electron chi connectivity index (χ0n) is 14.2. The van der Waals surface area contributed by atoms with E-state index in [0.29, 0.717) is 18.7 Å². The largest absolute Gasteiger partial charge is 0.308 e. The fourth-order valence-corrected chi connectivity index (χ4v) is 3.82. The van der Waals surface area contributed by atoms with E-state index in [0.717, 1.165) is 9.87 Å². The summed E-state index contributed by atoms with van der Waals surface area (Å²) < 4.78 is 25.6. The van der Waals surface area contributed by atoms with Gasteiger partial charge in [0.1, 0.15) is 0 Å². The molecule has 0 atom stereocenters. The van der Waals surface area contributed by atoms with Gasteiger partial charge in [-0.05, 0) is 36.2 Å². The zero-order valence-corrected chi connectivity index (χ0v) is 15.1. The van der Waals surface area contributed by atoms with Crippen LogP contribution < -0.4 is 4.90 Å². The van der Waals surface area contributed by atoms with Crippen molar-refractivity contribution in [1.82, 2.24) is 4.31 Å². The third-order valence-electron chi connectivity index (χ3n) is 4.27. The fraction of sp³-hybridized carbons (Fsp3) is 0.235. The average Bonchev–Trinajstić information content (AvgIpc) is 3.04. The SMILES string of the molecule is CN(C)S(=O)(=O)c1ccc2c(c1)CCN2C(=O)c1cccc([N+](=O)[O-])c1. The number of carbonyl (C=O) groups excluding carboxylic acids is 1. The van der Waals surface area contributed by atoms with Crippen LogP contribution in [0, 0.1) is 10.1 Å². The van der Waals surface area contributed by atoms with Crippen molar-refractivity contribution in [2.45, 2.75) is 11.3 Å². The van der Waals surface area contributed by atoms with Crippen LogP contribution in [0.1, 0.15) is 15.9 Å². The zero-order chi connectivity index (χ0) is 19.1.